The highest BCUT2D eigenvalue weighted by molar-refractivity contribution is 6.05. The Hall–Kier alpha value is -4.48. The van der Waals surface area contributed by atoms with Crippen molar-refractivity contribution in [3.05, 3.63) is 85.5 Å². The van der Waals surface area contributed by atoms with Crippen LogP contribution >= 0.6 is 0 Å². The van der Waals surface area contributed by atoms with Gasteiger partial charge in [-0.1, -0.05) is 49.4 Å². The number of hydrogen-bond donors (Lipinski definition) is 2. The number of benzene rings is 2. The molecule has 5 rings (SSSR count). The third-order valence-electron chi connectivity index (χ3n) is 10.7. The molecule has 0 aliphatic carbocycles. The molecule has 3 heterocycles. The summed E-state index contributed by atoms with van der Waals surface area (Å²) in [5.74, 6) is -3.35. The SMILES string of the molecule is C=CCCC(=O)OC[C@H](NC(=O)[C@@H]1[C@@H]2CC[C@]3(O2)[C@H](C(=O)N(CC=C)c2ccc(N(CC)CC)cc2)N([C@@H](CC)CO)C(=O)[C@@H]13)c1ccccc1. The van der Waals surface area contributed by atoms with Gasteiger partial charge in [0, 0.05) is 37.4 Å². The van der Waals surface area contributed by atoms with Gasteiger partial charge in [-0.25, -0.2) is 0 Å². The fourth-order valence-electron chi connectivity index (χ4n) is 8.15. The number of carbonyl (C=O) groups excluding carboxylic acids is 4. The summed E-state index contributed by atoms with van der Waals surface area (Å²) < 4.78 is 12.2. The standard InChI is InChI=1S/C40H52N4O7/c1-6-11-17-33(46)50-26-31(27-15-13-12-14-16-27)41-37(47)34-32-22-23-40(51-32)35(34)38(48)44(28(8-3)25-45)36(40)39(49)43(24-7-2)30-20-18-29(19-21-30)42(9-4)10-5/h6-7,12-16,18-21,28,31-32,34-36,45H,1-2,8-11,17,22-26H2,3-5H3,(H,41,47)/t28-,31-,32-,34+,35+,36-,40+/m0/s1. The minimum Gasteiger partial charge on any atom is -0.463 e. The van der Waals surface area contributed by atoms with Crippen molar-refractivity contribution in [1.82, 2.24) is 10.2 Å². The normalized spacial score (nSPS) is 24.4. The van der Waals surface area contributed by atoms with Gasteiger partial charge in [-0.05, 0) is 69.4 Å². The van der Waals surface area contributed by atoms with Gasteiger partial charge >= 0.3 is 5.97 Å². The Labute approximate surface area is 301 Å². The summed E-state index contributed by atoms with van der Waals surface area (Å²) in [6, 6.07) is 14.6. The maximum absolute atomic E-state index is 14.9. The van der Waals surface area contributed by atoms with Crippen LogP contribution in [0.1, 0.15) is 64.5 Å². The van der Waals surface area contributed by atoms with Gasteiger partial charge in [0.1, 0.15) is 18.2 Å². The summed E-state index contributed by atoms with van der Waals surface area (Å²) in [6.07, 6.45) is 4.66. The zero-order valence-corrected chi connectivity index (χ0v) is 30.0. The van der Waals surface area contributed by atoms with Crippen LogP contribution in [-0.4, -0.2) is 90.3 Å². The first kappa shape index (κ1) is 37.8. The van der Waals surface area contributed by atoms with Crippen molar-refractivity contribution >= 4 is 35.1 Å². The first-order valence-corrected chi connectivity index (χ1v) is 18.2. The van der Waals surface area contributed by atoms with Crippen LogP contribution in [0.25, 0.3) is 0 Å². The van der Waals surface area contributed by atoms with Crippen molar-refractivity contribution < 1.29 is 33.8 Å². The number of esters is 1. The van der Waals surface area contributed by atoms with E-state index in [2.05, 4.69) is 37.2 Å². The average Bonchev–Trinajstić information content (AvgIpc) is 3.80. The van der Waals surface area contributed by atoms with E-state index in [-0.39, 0.29) is 38.0 Å². The van der Waals surface area contributed by atoms with Crippen molar-refractivity contribution in [2.75, 3.05) is 42.6 Å². The highest BCUT2D eigenvalue weighted by Gasteiger charge is 2.75. The molecule has 3 saturated heterocycles. The molecular weight excluding hydrogens is 648 g/mol. The van der Waals surface area contributed by atoms with Gasteiger partial charge in [0.05, 0.1) is 36.6 Å². The van der Waals surface area contributed by atoms with E-state index in [1.165, 1.54) is 4.90 Å². The topological polar surface area (TPSA) is 129 Å². The first-order valence-electron chi connectivity index (χ1n) is 18.2. The lowest BCUT2D eigenvalue weighted by Gasteiger charge is -2.39. The van der Waals surface area contributed by atoms with E-state index >= 15 is 0 Å². The van der Waals surface area contributed by atoms with Gasteiger partial charge < -0.3 is 34.6 Å². The van der Waals surface area contributed by atoms with Crippen LogP contribution in [0.15, 0.2) is 79.9 Å². The van der Waals surface area contributed by atoms with Crippen LogP contribution in [0, 0.1) is 11.8 Å². The largest absolute Gasteiger partial charge is 0.463 e. The molecule has 51 heavy (non-hydrogen) atoms. The van der Waals surface area contributed by atoms with Gasteiger partial charge in [0.2, 0.25) is 11.8 Å². The zero-order valence-electron chi connectivity index (χ0n) is 30.0. The van der Waals surface area contributed by atoms with Crippen molar-refractivity contribution in [2.24, 2.45) is 11.8 Å². The van der Waals surface area contributed by atoms with E-state index in [0.29, 0.717) is 31.4 Å². The van der Waals surface area contributed by atoms with E-state index < -0.39 is 53.5 Å². The summed E-state index contributed by atoms with van der Waals surface area (Å²) >= 11 is 0. The molecule has 2 N–H and O–H groups in total. The molecule has 2 bridgehead atoms. The lowest BCUT2D eigenvalue weighted by molar-refractivity contribution is -0.146. The predicted molar refractivity (Wildman–Crippen MR) is 196 cm³/mol. The lowest BCUT2D eigenvalue weighted by atomic mass is 9.70. The fourth-order valence-corrected chi connectivity index (χ4v) is 8.15. The van der Waals surface area contributed by atoms with Crippen molar-refractivity contribution in [3.63, 3.8) is 0 Å². The summed E-state index contributed by atoms with van der Waals surface area (Å²) in [4.78, 5) is 61.6. The van der Waals surface area contributed by atoms with Crippen molar-refractivity contribution in [2.45, 2.75) is 82.7 Å². The Bertz CT molecular complexity index is 1560. The highest BCUT2D eigenvalue weighted by atomic mass is 16.5. The number of ether oxygens (including phenoxy) is 2. The van der Waals surface area contributed by atoms with Crippen LogP contribution in [0.5, 0.6) is 0 Å². The van der Waals surface area contributed by atoms with Crippen molar-refractivity contribution in [1.29, 1.82) is 0 Å². The molecule has 2 aromatic rings. The number of hydrogen-bond acceptors (Lipinski definition) is 8. The van der Waals surface area contributed by atoms with E-state index in [4.69, 9.17) is 9.47 Å². The van der Waals surface area contributed by atoms with Gasteiger partial charge in [0.25, 0.3) is 5.91 Å². The fraction of sp³-hybridized carbons (Fsp3) is 0.500. The van der Waals surface area contributed by atoms with E-state index in [0.717, 1.165) is 24.3 Å². The minimum atomic E-state index is -1.26. The molecule has 0 radical (unpaired) electrons. The van der Waals surface area contributed by atoms with Crippen molar-refractivity contribution in [3.8, 4) is 0 Å². The van der Waals surface area contributed by atoms with E-state index in [1.807, 2.05) is 61.5 Å². The monoisotopic (exact) mass is 700 g/mol. The highest BCUT2D eigenvalue weighted by Crippen LogP contribution is 2.59. The number of anilines is 2. The molecule has 0 unspecified atom stereocenters. The number of nitrogens with one attached hydrogen (secondary N) is 1. The Morgan fingerprint density at radius 1 is 1.06 bits per heavy atom. The summed E-state index contributed by atoms with van der Waals surface area (Å²) in [5, 5.41) is 13.6. The predicted octanol–water partition coefficient (Wildman–Crippen LogP) is 4.56. The molecule has 1 spiro atoms. The molecule has 11 nitrogen and oxygen atoms in total. The molecule has 274 valence electrons. The van der Waals surface area contributed by atoms with Gasteiger partial charge in [0.15, 0.2) is 0 Å². The Morgan fingerprint density at radius 3 is 2.35 bits per heavy atom. The van der Waals surface area contributed by atoms with Gasteiger partial charge in [-0.2, -0.15) is 0 Å². The van der Waals surface area contributed by atoms with Crippen LogP contribution in [0.4, 0.5) is 11.4 Å². The number of fused-ring (bicyclic) bond motifs is 1. The molecule has 2 aromatic carbocycles. The number of allylic oxidation sites excluding steroid dienone is 1. The maximum atomic E-state index is 14.9. The van der Waals surface area contributed by atoms with Gasteiger partial charge in [-0.3, -0.25) is 19.2 Å². The molecule has 11 heteroatoms. The molecule has 0 saturated carbocycles. The Balaban J connectivity index is 1.47. The Kier molecular flexibility index (Phi) is 12.4. The van der Waals surface area contributed by atoms with Gasteiger partial charge in [-0.15, -0.1) is 13.2 Å². The third-order valence-corrected chi connectivity index (χ3v) is 10.7. The second-order valence-electron chi connectivity index (χ2n) is 13.5. The lowest BCUT2D eigenvalue weighted by Crippen LogP contribution is -2.59. The first-order chi connectivity index (χ1) is 24.7. The van der Waals surface area contributed by atoms with Crippen LogP contribution in [-0.2, 0) is 28.7 Å². The van der Waals surface area contributed by atoms with E-state index in [9.17, 15) is 24.3 Å². The summed E-state index contributed by atoms with van der Waals surface area (Å²) in [7, 11) is 0. The molecule has 3 amide bonds. The Morgan fingerprint density at radius 2 is 1.75 bits per heavy atom. The number of likely N-dealkylation sites (tertiary alicyclic amines) is 1. The second kappa shape index (κ2) is 16.7. The van der Waals surface area contributed by atoms with E-state index in [1.54, 1.807) is 17.1 Å². The number of amides is 3. The number of rotatable bonds is 18. The molecule has 7 atom stereocenters. The molecule has 3 aliphatic rings. The average molecular weight is 701 g/mol. The second-order valence-corrected chi connectivity index (χ2v) is 13.5. The maximum Gasteiger partial charge on any atom is 0.306 e. The number of carbonyl (C=O) groups is 4. The molecule has 3 fully saturated rings. The third kappa shape index (κ3) is 7.32. The molecular formula is C40H52N4O7. The minimum absolute atomic E-state index is 0.0903. The summed E-state index contributed by atoms with van der Waals surface area (Å²) in [6.45, 7) is 15.0. The molecule has 3 aliphatic heterocycles. The number of nitrogens with zero attached hydrogens (tertiary/aromatic N) is 3. The number of aliphatic hydroxyl groups excluding tert-OH is 1. The smallest absolute Gasteiger partial charge is 0.306 e. The zero-order chi connectivity index (χ0) is 36.7. The quantitative estimate of drug-likeness (QED) is 0.171. The van der Waals surface area contributed by atoms with Crippen LogP contribution in [0.2, 0.25) is 0 Å². The molecule has 0 aromatic heterocycles. The number of aliphatic hydroxyl groups is 1. The van der Waals surface area contributed by atoms with Crippen LogP contribution in [0.3, 0.4) is 0 Å². The van der Waals surface area contributed by atoms with Crippen LogP contribution < -0.4 is 15.1 Å². The summed E-state index contributed by atoms with van der Waals surface area (Å²) in [5.41, 5.74) is 1.16.